The number of unbranched alkanes of at least 4 members (excludes halogenated alkanes) is 8. The second-order valence-electron chi connectivity index (χ2n) is 6.77. The van der Waals surface area contributed by atoms with Crippen LogP contribution in [0.4, 0.5) is 5.69 Å². The van der Waals surface area contributed by atoms with Crippen LogP contribution in [-0.4, -0.2) is 0 Å². The van der Waals surface area contributed by atoms with Crippen molar-refractivity contribution in [2.75, 3.05) is 5.73 Å². The third kappa shape index (κ3) is 8.46. The van der Waals surface area contributed by atoms with E-state index < -0.39 is 0 Å². The SMILES string of the molecule is CCCCCCCC(CCCCCCC)c1cccc(N)c1. The molecule has 0 fully saturated rings. The molecule has 0 spiro atoms. The summed E-state index contributed by atoms with van der Waals surface area (Å²) in [6, 6.07) is 8.59. The van der Waals surface area contributed by atoms with Gasteiger partial charge in [-0.3, -0.25) is 0 Å². The van der Waals surface area contributed by atoms with E-state index in [9.17, 15) is 0 Å². The zero-order valence-electron chi connectivity index (χ0n) is 14.9. The second kappa shape index (κ2) is 12.6. The molecule has 0 amide bonds. The molecular weight excluding hydrogens is 266 g/mol. The first-order chi connectivity index (χ1) is 10.8. The van der Waals surface area contributed by atoms with Crippen LogP contribution < -0.4 is 5.73 Å². The molecule has 0 atom stereocenters. The van der Waals surface area contributed by atoms with Gasteiger partial charge in [0.15, 0.2) is 0 Å². The molecule has 1 heteroatoms. The predicted molar refractivity (Wildman–Crippen MR) is 100 cm³/mol. The van der Waals surface area contributed by atoms with Crippen LogP contribution in [0.15, 0.2) is 24.3 Å². The minimum Gasteiger partial charge on any atom is -0.399 e. The van der Waals surface area contributed by atoms with Gasteiger partial charge in [-0.15, -0.1) is 0 Å². The van der Waals surface area contributed by atoms with Gasteiger partial charge >= 0.3 is 0 Å². The third-order valence-electron chi connectivity index (χ3n) is 4.69. The van der Waals surface area contributed by atoms with Crippen LogP contribution >= 0.6 is 0 Å². The first-order valence-electron chi connectivity index (χ1n) is 9.63. The molecule has 1 aromatic carbocycles. The Bertz CT molecular complexity index is 358. The van der Waals surface area contributed by atoms with E-state index in [0.717, 1.165) is 5.69 Å². The van der Waals surface area contributed by atoms with E-state index in [1.807, 2.05) is 6.07 Å². The van der Waals surface area contributed by atoms with Gasteiger partial charge in [-0.1, -0.05) is 90.2 Å². The monoisotopic (exact) mass is 303 g/mol. The Balaban J connectivity index is 2.42. The average Bonchev–Trinajstić information content (AvgIpc) is 2.52. The molecule has 2 N–H and O–H groups in total. The summed E-state index contributed by atoms with van der Waals surface area (Å²) in [5.74, 6) is 0.715. The summed E-state index contributed by atoms with van der Waals surface area (Å²) in [4.78, 5) is 0. The minimum absolute atomic E-state index is 0.715. The van der Waals surface area contributed by atoms with Gasteiger partial charge < -0.3 is 5.73 Å². The van der Waals surface area contributed by atoms with Crippen molar-refractivity contribution < 1.29 is 0 Å². The van der Waals surface area contributed by atoms with Gasteiger partial charge in [-0.25, -0.2) is 0 Å². The van der Waals surface area contributed by atoms with Crippen molar-refractivity contribution in [2.24, 2.45) is 0 Å². The van der Waals surface area contributed by atoms with Gasteiger partial charge in [0.1, 0.15) is 0 Å². The molecule has 0 aliphatic heterocycles. The quantitative estimate of drug-likeness (QED) is 0.306. The molecule has 0 saturated heterocycles. The zero-order valence-corrected chi connectivity index (χ0v) is 14.9. The minimum atomic E-state index is 0.715. The smallest absolute Gasteiger partial charge is 0.0316 e. The van der Waals surface area contributed by atoms with E-state index in [1.165, 1.54) is 82.6 Å². The molecule has 0 bridgehead atoms. The third-order valence-corrected chi connectivity index (χ3v) is 4.69. The van der Waals surface area contributed by atoms with Crippen molar-refractivity contribution >= 4 is 5.69 Å². The van der Waals surface area contributed by atoms with Crippen LogP contribution in [-0.2, 0) is 0 Å². The van der Waals surface area contributed by atoms with Gasteiger partial charge in [-0.2, -0.15) is 0 Å². The van der Waals surface area contributed by atoms with Gasteiger partial charge in [-0.05, 0) is 36.5 Å². The van der Waals surface area contributed by atoms with E-state index in [4.69, 9.17) is 5.73 Å². The van der Waals surface area contributed by atoms with E-state index in [2.05, 4.69) is 32.0 Å². The molecule has 0 heterocycles. The fourth-order valence-electron chi connectivity index (χ4n) is 3.28. The zero-order chi connectivity index (χ0) is 16.0. The van der Waals surface area contributed by atoms with Gasteiger partial charge in [0.25, 0.3) is 0 Å². The largest absolute Gasteiger partial charge is 0.399 e. The van der Waals surface area contributed by atoms with Crippen LogP contribution in [0.5, 0.6) is 0 Å². The second-order valence-corrected chi connectivity index (χ2v) is 6.77. The molecule has 0 radical (unpaired) electrons. The van der Waals surface area contributed by atoms with Crippen molar-refractivity contribution in [1.82, 2.24) is 0 Å². The van der Waals surface area contributed by atoms with E-state index in [-0.39, 0.29) is 0 Å². The fraction of sp³-hybridized carbons (Fsp3) is 0.714. The maximum absolute atomic E-state index is 5.99. The van der Waals surface area contributed by atoms with E-state index in [0.29, 0.717) is 5.92 Å². The number of nitrogen functional groups attached to an aromatic ring is 1. The van der Waals surface area contributed by atoms with E-state index in [1.54, 1.807) is 0 Å². The van der Waals surface area contributed by atoms with Crippen LogP contribution in [0.25, 0.3) is 0 Å². The van der Waals surface area contributed by atoms with E-state index >= 15 is 0 Å². The molecule has 0 saturated carbocycles. The molecular formula is C21H37N. The Labute approximate surface area is 138 Å². The van der Waals surface area contributed by atoms with Gasteiger partial charge in [0.05, 0.1) is 0 Å². The normalized spacial score (nSPS) is 11.2. The summed E-state index contributed by atoms with van der Waals surface area (Å²) < 4.78 is 0. The maximum atomic E-state index is 5.99. The highest BCUT2D eigenvalue weighted by Gasteiger charge is 2.11. The molecule has 0 aromatic heterocycles. The Morgan fingerprint density at radius 1 is 0.773 bits per heavy atom. The molecule has 22 heavy (non-hydrogen) atoms. The van der Waals surface area contributed by atoms with Crippen LogP contribution in [0, 0.1) is 0 Å². The summed E-state index contributed by atoms with van der Waals surface area (Å²) in [6.07, 6.45) is 16.4. The lowest BCUT2D eigenvalue weighted by Crippen LogP contribution is -2.01. The van der Waals surface area contributed by atoms with Crippen molar-refractivity contribution in [2.45, 2.75) is 96.8 Å². The average molecular weight is 304 g/mol. The molecule has 0 aliphatic carbocycles. The highest BCUT2D eigenvalue weighted by molar-refractivity contribution is 5.41. The topological polar surface area (TPSA) is 26.0 Å². The number of benzene rings is 1. The van der Waals surface area contributed by atoms with Crippen molar-refractivity contribution in [3.8, 4) is 0 Å². The Morgan fingerprint density at radius 3 is 1.82 bits per heavy atom. The highest BCUT2D eigenvalue weighted by atomic mass is 14.5. The summed E-state index contributed by atoms with van der Waals surface area (Å²) in [6.45, 7) is 4.57. The number of hydrogen-bond donors (Lipinski definition) is 1. The Hall–Kier alpha value is -0.980. The molecule has 1 rings (SSSR count). The summed E-state index contributed by atoms with van der Waals surface area (Å²) in [7, 11) is 0. The van der Waals surface area contributed by atoms with Crippen molar-refractivity contribution in [3.63, 3.8) is 0 Å². The lowest BCUT2D eigenvalue weighted by molar-refractivity contribution is 0.490. The van der Waals surface area contributed by atoms with Gasteiger partial charge in [0.2, 0.25) is 0 Å². The first-order valence-corrected chi connectivity index (χ1v) is 9.63. The lowest BCUT2D eigenvalue weighted by atomic mass is 9.88. The van der Waals surface area contributed by atoms with Crippen LogP contribution in [0.3, 0.4) is 0 Å². The molecule has 0 unspecified atom stereocenters. The van der Waals surface area contributed by atoms with Crippen LogP contribution in [0.2, 0.25) is 0 Å². The number of rotatable bonds is 13. The lowest BCUT2D eigenvalue weighted by Gasteiger charge is -2.18. The standard InChI is InChI=1S/C21H37N/c1-3-5-7-9-11-14-19(15-12-10-8-6-4-2)20-16-13-17-21(22)18-20/h13,16-19H,3-12,14-15,22H2,1-2H3. The molecule has 126 valence electrons. The highest BCUT2D eigenvalue weighted by Crippen LogP contribution is 2.29. The number of anilines is 1. The van der Waals surface area contributed by atoms with Crippen molar-refractivity contribution in [3.05, 3.63) is 29.8 Å². The van der Waals surface area contributed by atoms with Crippen LogP contribution in [0.1, 0.15) is 102 Å². The van der Waals surface area contributed by atoms with Crippen molar-refractivity contribution in [1.29, 1.82) is 0 Å². The Kier molecular flexibility index (Phi) is 10.9. The Morgan fingerprint density at radius 2 is 1.32 bits per heavy atom. The first kappa shape index (κ1) is 19.1. The maximum Gasteiger partial charge on any atom is 0.0316 e. The summed E-state index contributed by atoms with van der Waals surface area (Å²) >= 11 is 0. The summed E-state index contributed by atoms with van der Waals surface area (Å²) in [5.41, 5.74) is 8.37. The fourth-order valence-corrected chi connectivity index (χ4v) is 3.28. The molecule has 1 aromatic rings. The molecule has 0 aliphatic rings. The summed E-state index contributed by atoms with van der Waals surface area (Å²) in [5, 5.41) is 0. The number of nitrogens with two attached hydrogens (primary N) is 1. The molecule has 1 nitrogen and oxygen atoms in total. The predicted octanol–water partition coefficient (Wildman–Crippen LogP) is 7.07. The van der Waals surface area contributed by atoms with Gasteiger partial charge in [0, 0.05) is 5.69 Å². The number of hydrogen-bond acceptors (Lipinski definition) is 1.